The highest BCUT2D eigenvalue weighted by Gasteiger charge is 1.97. The molecule has 0 rings (SSSR count). The van der Waals surface area contributed by atoms with E-state index in [1.807, 2.05) is 0 Å². The molecule has 0 aliphatic heterocycles. The van der Waals surface area contributed by atoms with E-state index in [9.17, 15) is 4.79 Å². The lowest BCUT2D eigenvalue weighted by Crippen LogP contribution is -1.93. The van der Waals surface area contributed by atoms with Gasteiger partial charge in [0, 0.05) is 6.42 Å². The second kappa shape index (κ2) is 24.1. The summed E-state index contributed by atoms with van der Waals surface area (Å²) < 4.78 is 0. The summed E-state index contributed by atoms with van der Waals surface area (Å²) in [5.41, 5.74) is 0. The molecule has 1 N–H and O–H groups in total. The number of hydrogen-bond donors (Lipinski definition) is 1. The molecular formula is C20H38O4. The zero-order chi connectivity index (χ0) is 18.3. The van der Waals surface area contributed by atoms with Gasteiger partial charge >= 0.3 is 5.97 Å². The Bertz CT molecular complexity index is 271. The molecule has 0 radical (unpaired) electrons. The zero-order valence-electron chi connectivity index (χ0n) is 15.6. The molecule has 0 saturated carbocycles. The lowest BCUT2D eigenvalue weighted by molar-refractivity contribution is -0.137. The van der Waals surface area contributed by atoms with Crippen LogP contribution < -0.4 is 0 Å². The molecule has 0 spiro atoms. The van der Waals surface area contributed by atoms with Gasteiger partial charge in [0.1, 0.15) is 0 Å². The number of aldehydes is 2. The zero-order valence-corrected chi connectivity index (χ0v) is 15.6. The molecule has 0 bridgehead atoms. The van der Waals surface area contributed by atoms with Crippen molar-refractivity contribution in [2.75, 3.05) is 0 Å². The van der Waals surface area contributed by atoms with Crippen LogP contribution in [-0.2, 0) is 14.4 Å². The molecule has 0 aromatic heterocycles. The van der Waals surface area contributed by atoms with Crippen molar-refractivity contribution in [3.05, 3.63) is 0 Å². The summed E-state index contributed by atoms with van der Waals surface area (Å²) in [5.74, 6) is -0.653. The molecule has 0 aliphatic rings. The van der Waals surface area contributed by atoms with Crippen LogP contribution in [0.5, 0.6) is 0 Å². The summed E-state index contributed by atoms with van der Waals surface area (Å²) in [6.45, 7) is 2.27. The minimum atomic E-state index is -0.653. The Morgan fingerprint density at radius 2 is 0.917 bits per heavy atom. The first-order valence-electron chi connectivity index (χ1n) is 9.79. The molecule has 0 amide bonds. The molecule has 0 atom stereocenters. The molecule has 0 aromatic rings. The second-order valence-corrected chi connectivity index (χ2v) is 6.37. The average molecular weight is 343 g/mol. The molecular weight excluding hydrogens is 304 g/mol. The molecule has 0 aliphatic carbocycles. The number of carboxylic acids is 1. The second-order valence-electron chi connectivity index (χ2n) is 6.37. The summed E-state index contributed by atoms with van der Waals surface area (Å²) in [6, 6.07) is 0. The fourth-order valence-corrected chi connectivity index (χ4v) is 2.65. The van der Waals surface area contributed by atoms with Crippen LogP contribution in [0.15, 0.2) is 0 Å². The first-order valence-corrected chi connectivity index (χ1v) is 9.79. The normalized spacial score (nSPS) is 9.88. The van der Waals surface area contributed by atoms with Gasteiger partial charge in [0.2, 0.25) is 0 Å². The SMILES string of the molecule is CCCCCCCCCCCCCCCCCC(=O)O.O=CC=O. The monoisotopic (exact) mass is 342 g/mol. The fourth-order valence-electron chi connectivity index (χ4n) is 2.65. The van der Waals surface area contributed by atoms with E-state index in [-0.39, 0.29) is 12.6 Å². The van der Waals surface area contributed by atoms with Gasteiger partial charge in [-0.05, 0) is 6.42 Å². The average Bonchev–Trinajstić information content (AvgIpc) is 2.58. The van der Waals surface area contributed by atoms with Gasteiger partial charge in [0.15, 0.2) is 12.6 Å². The standard InChI is InChI=1S/C18H36O2.C2H2O2/c1-2-3-4-5-6-7-8-9-10-11-12-13-14-15-16-17-18(19)20;3-1-2-4/h2-17H2,1H3,(H,19,20);1-2H. The predicted molar refractivity (Wildman–Crippen MR) is 99.3 cm³/mol. The van der Waals surface area contributed by atoms with E-state index in [1.165, 1.54) is 83.5 Å². The Labute approximate surface area is 148 Å². The number of unbranched alkanes of at least 4 members (excludes halogenated alkanes) is 14. The number of carbonyl (C=O) groups excluding carboxylic acids is 2. The maximum absolute atomic E-state index is 10.3. The van der Waals surface area contributed by atoms with Crippen molar-refractivity contribution in [3.8, 4) is 0 Å². The smallest absolute Gasteiger partial charge is 0.303 e. The highest BCUT2D eigenvalue weighted by molar-refractivity contribution is 6.09. The number of aliphatic carboxylic acids is 1. The van der Waals surface area contributed by atoms with Crippen molar-refractivity contribution in [3.63, 3.8) is 0 Å². The van der Waals surface area contributed by atoms with Crippen molar-refractivity contribution in [2.45, 2.75) is 110 Å². The number of carboxylic acid groups (broad SMARTS) is 1. The maximum Gasteiger partial charge on any atom is 0.303 e. The molecule has 24 heavy (non-hydrogen) atoms. The number of carbonyl (C=O) groups is 3. The van der Waals surface area contributed by atoms with E-state index in [2.05, 4.69) is 6.92 Å². The van der Waals surface area contributed by atoms with E-state index in [0.717, 1.165) is 12.8 Å². The highest BCUT2D eigenvalue weighted by Crippen LogP contribution is 2.13. The van der Waals surface area contributed by atoms with Crippen LogP contribution in [0.1, 0.15) is 110 Å². The number of rotatable bonds is 17. The van der Waals surface area contributed by atoms with E-state index >= 15 is 0 Å². The fraction of sp³-hybridized carbons (Fsp3) is 0.850. The van der Waals surface area contributed by atoms with Gasteiger partial charge in [0.05, 0.1) is 0 Å². The maximum atomic E-state index is 10.3. The minimum Gasteiger partial charge on any atom is -0.481 e. The predicted octanol–water partition coefficient (Wildman–Crippen LogP) is 5.72. The Balaban J connectivity index is 0. The van der Waals surface area contributed by atoms with E-state index < -0.39 is 5.97 Å². The quantitative estimate of drug-likeness (QED) is 0.208. The molecule has 4 heteroatoms. The molecule has 0 heterocycles. The Morgan fingerprint density at radius 1 is 0.625 bits per heavy atom. The summed E-state index contributed by atoms with van der Waals surface area (Å²) in [7, 11) is 0. The van der Waals surface area contributed by atoms with Gasteiger partial charge in [-0.3, -0.25) is 14.4 Å². The number of hydrogen-bond acceptors (Lipinski definition) is 3. The van der Waals surface area contributed by atoms with Gasteiger partial charge in [-0.15, -0.1) is 0 Å². The van der Waals surface area contributed by atoms with Crippen LogP contribution in [0.25, 0.3) is 0 Å². The topological polar surface area (TPSA) is 71.4 Å². The molecule has 0 unspecified atom stereocenters. The molecule has 142 valence electrons. The lowest BCUT2D eigenvalue weighted by atomic mass is 10.0. The summed E-state index contributed by atoms with van der Waals surface area (Å²) in [5, 5.41) is 8.52. The Hall–Kier alpha value is -1.19. The van der Waals surface area contributed by atoms with E-state index in [0.29, 0.717) is 6.42 Å². The Kier molecular flexibility index (Phi) is 25.1. The minimum absolute atomic E-state index is 0.194. The highest BCUT2D eigenvalue weighted by atomic mass is 16.4. The van der Waals surface area contributed by atoms with Crippen molar-refractivity contribution in [2.24, 2.45) is 0 Å². The molecule has 0 fully saturated rings. The third-order valence-electron chi connectivity index (χ3n) is 4.05. The van der Waals surface area contributed by atoms with Crippen LogP contribution in [0, 0.1) is 0 Å². The van der Waals surface area contributed by atoms with Crippen LogP contribution in [0.4, 0.5) is 0 Å². The van der Waals surface area contributed by atoms with Gasteiger partial charge in [-0.1, -0.05) is 96.8 Å². The van der Waals surface area contributed by atoms with Crippen molar-refractivity contribution < 1.29 is 19.5 Å². The Morgan fingerprint density at radius 3 is 1.17 bits per heavy atom. The summed E-state index contributed by atoms with van der Waals surface area (Å²) in [4.78, 5) is 27.9. The lowest BCUT2D eigenvalue weighted by Gasteiger charge is -2.03. The molecule has 0 aromatic carbocycles. The van der Waals surface area contributed by atoms with Gasteiger partial charge in [-0.25, -0.2) is 0 Å². The van der Waals surface area contributed by atoms with Crippen LogP contribution in [0.3, 0.4) is 0 Å². The summed E-state index contributed by atoms with van der Waals surface area (Å²) in [6.07, 6.45) is 20.6. The van der Waals surface area contributed by atoms with Crippen molar-refractivity contribution in [1.82, 2.24) is 0 Å². The van der Waals surface area contributed by atoms with Crippen molar-refractivity contribution >= 4 is 18.5 Å². The van der Waals surface area contributed by atoms with E-state index in [1.54, 1.807) is 0 Å². The third-order valence-corrected chi connectivity index (χ3v) is 4.05. The molecule has 0 saturated heterocycles. The van der Waals surface area contributed by atoms with Gasteiger partial charge in [-0.2, -0.15) is 0 Å². The van der Waals surface area contributed by atoms with Crippen molar-refractivity contribution in [1.29, 1.82) is 0 Å². The van der Waals surface area contributed by atoms with Crippen LogP contribution in [-0.4, -0.2) is 23.6 Å². The van der Waals surface area contributed by atoms with E-state index in [4.69, 9.17) is 14.7 Å². The van der Waals surface area contributed by atoms with Gasteiger partial charge < -0.3 is 5.11 Å². The first-order chi connectivity index (χ1) is 11.7. The summed E-state index contributed by atoms with van der Waals surface area (Å²) >= 11 is 0. The van der Waals surface area contributed by atoms with Crippen LogP contribution >= 0.6 is 0 Å². The first kappa shape index (κ1) is 25.1. The van der Waals surface area contributed by atoms with Crippen LogP contribution in [0.2, 0.25) is 0 Å². The molecule has 4 nitrogen and oxygen atoms in total. The largest absolute Gasteiger partial charge is 0.481 e. The van der Waals surface area contributed by atoms with Gasteiger partial charge in [0.25, 0.3) is 0 Å². The third kappa shape index (κ3) is 28.9.